The molecule has 6 atom stereocenters. The van der Waals surface area contributed by atoms with Gasteiger partial charge in [0.2, 0.25) is 12.2 Å². The average molecular weight is 536 g/mol. The van der Waals surface area contributed by atoms with Gasteiger partial charge < -0.3 is 29.9 Å². The van der Waals surface area contributed by atoms with Crippen molar-refractivity contribution in [3.05, 3.63) is 41.5 Å². The summed E-state index contributed by atoms with van der Waals surface area (Å²) in [5.74, 6) is -2.37. The van der Waals surface area contributed by atoms with E-state index in [2.05, 4.69) is 6.58 Å². The number of nitrogens with zero attached hydrogens (tertiary/aromatic N) is 4. The zero-order chi connectivity index (χ0) is 27.0. The number of carboxylic acids is 1. The Balaban J connectivity index is 1.51. The Morgan fingerprint density at radius 2 is 2.14 bits per heavy atom. The molecule has 3 aliphatic heterocycles. The molecule has 37 heavy (non-hydrogen) atoms. The summed E-state index contributed by atoms with van der Waals surface area (Å²) < 4.78 is 9.14. The summed E-state index contributed by atoms with van der Waals surface area (Å²) in [6.07, 6.45) is 5.25. The Labute approximate surface area is 220 Å². The second-order valence-electron chi connectivity index (χ2n) is 9.95. The molecule has 3 aliphatic rings. The standard InChI is InChI=1S/C25H34N4O7S/c1-5-8-36-25(35)28-11-18(9-16(28)6-7-27-10-17(12-30)26(4)13-27)37-22-14(2)20-19(15(3)31)23(32)29(20)21(22)24(33)34/h5,10,13-16,18-20,30-31H,1,6-9,11-12H2,2-4H3/p+1/t14-,15-,16-,18+,19-,20-/m1/s1. The number of aryl methyl sites for hydroxylation is 2. The van der Waals surface area contributed by atoms with Crippen molar-refractivity contribution in [3.63, 3.8) is 0 Å². The van der Waals surface area contributed by atoms with Crippen LogP contribution in [0.5, 0.6) is 0 Å². The quantitative estimate of drug-likeness (QED) is 0.228. The van der Waals surface area contributed by atoms with Gasteiger partial charge in [-0.2, -0.15) is 0 Å². The molecule has 1 aromatic heterocycles. The van der Waals surface area contributed by atoms with Gasteiger partial charge in [-0.1, -0.05) is 19.6 Å². The van der Waals surface area contributed by atoms with Crippen LogP contribution in [0.4, 0.5) is 4.79 Å². The van der Waals surface area contributed by atoms with E-state index in [1.807, 2.05) is 35.6 Å². The topological polar surface area (TPSA) is 136 Å². The van der Waals surface area contributed by atoms with E-state index in [4.69, 9.17) is 4.74 Å². The number of aliphatic carboxylic acids is 1. The van der Waals surface area contributed by atoms with Crippen LogP contribution in [0.25, 0.3) is 0 Å². The third-order valence-electron chi connectivity index (χ3n) is 7.51. The number of ether oxygens (including phenoxy) is 1. The molecule has 11 nitrogen and oxygen atoms in total. The first-order chi connectivity index (χ1) is 17.6. The third kappa shape index (κ3) is 5.01. The lowest BCUT2D eigenvalue weighted by Gasteiger charge is -2.46. The van der Waals surface area contributed by atoms with E-state index in [1.165, 1.54) is 22.7 Å². The fraction of sp³-hybridized carbons (Fsp3) is 0.600. The van der Waals surface area contributed by atoms with Crippen LogP contribution in [-0.4, -0.2) is 84.2 Å². The minimum absolute atomic E-state index is 0.00925. The van der Waals surface area contributed by atoms with Gasteiger partial charge in [-0.25, -0.2) is 18.7 Å². The Morgan fingerprint density at radius 1 is 1.41 bits per heavy atom. The van der Waals surface area contributed by atoms with Crippen molar-refractivity contribution in [1.29, 1.82) is 0 Å². The van der Waals surface area contributed by atoms with E-state index in [-0.39, 0.29) is 48.1 Å². The van der Waals surface area contributed by atoms with Crippen molar-refractivity contribution in [2.24, 2.45) is 18.9 Å². The van der Waals surface area contributed by atoms with Crippen LogP contribution in [0, 0.1) is 11.8 Å². The maximum absolute atomic E-state index is 12.8. The Bertz CT molecular complexity index is 1120. The predicted octanol–water partition coefficient (Wildman–Crippen LogP) is 0.847. The fourth-order valence-electron chi connectivity index (χ4n) is 5.71. The Kier molecular flexibility index (Phi) is 8.00. The van der Waals surface area contributed by atoms with Crippen LogP contribution in [0.1, 0.15) is 32.4 Å². The summed E-state index contributed by atoms with van der Waals surface area (Å²) in [4.78, 5) is 41.3. The number of carbonyl (C=O) groups excluding carboxylic acids is 2. The van der Waals surface area contributed by atoms with Crippen LogP contribution in [0.15, 0.2) is 35.8 Å². The normalized spacial score (nSPS) is 27.8. The molecule has 0 spiro atoms. The minimum Gasteiger partial charge on any atom is -0.477 e. The summed E-state index contributed by atoms with van der Waals surface area (Å²) in [6.45, 7) is 8.08. The molecule has 3 N–H and O–H groups in total. The van der Waals surface area contributed by atoms with Gasteiger partial charge in [-0.05, 0) is 13.3 Å². The number of carboxylic acid groups (broad SMARTS) is 1. The lowest BCUT2D eigenvalue weighted by Crippen LogP contribution is -2.63. The first-order valence-electron chi connectivity index (χ1n) is 12.4. The molecule has 0 unspecified atom stereocenters. The molecule has 0 radical (unpaired) electrons. The highest BCUT2D eigenvalue weighted by atomic mass is 32.2. The van der Waals surface area contributed by atoms with E-state index < -0.39 is 24.1 Å². The van der Waals surface area contributed by atoms with Crippen molar-refractivity contribution in [2.75, 3.05) is 13.2 Å². The van der Waals surface area contributed by atoms with E-state index in [1.54, 1.807) is 11.8 Å². The molecular weight excluding hydrogens is 500 g/mol. The molecule has 202 valence electrons. The molecule has 0 bridgehead atoms. The van der Waals surface area contributed by atoms with Crippen molar-refractivity contribution in [3.8, 4) is 0 Å². The largest absolute Gasteiger partial charge is 0.477 e. The second kappa shape index (κ2) is 10.9. The molecule has 2 saturated heterocycles. The monoisotopic (exact) mass is 535 g/mol. The number of amides is 2. The summed E-state index contributed by atoms with van der Waals surface area (Å²) in [7, 11) is 1.86. The number of fused-ring (bicyclic) bond motifs is 1. The maximum Gasteiger partial charge on any atom is 0.410 e. The van der Waals surface area contributed by atoms with Crippen LogP contribution < -0.4 is 4.57 Å². The van der Waals surface area contributed by atoms with Gasteiger partial charge in [0.1, 0.15) is 25.1 Å². The lowest BCUT2D eigenvalue weighted by atomic mass is 9.79. The first kappa shape index (κ1) is 27.2. The number of hydrogen-bond donors (Lipinski definition) is 3. The molecule has 2 amide bonds. The number of carbonyl (C=O) groups is 3. The van der Waals surface area contributed by atoms with E-state index in [0.29, 0.717) is 30.8 Å². The second-order valence-corrected chi connectivity index (χ2v) is 11.3. The van der Waals surface area contributed by atoms with Crippen molar-refractivity contribution >= 4 is 29.7 Å². The molecule has 0 aliphatic carbocycles. The maximum atomic E-state index is 12.8. The van der Waals surface area contributed by atoms with E-state index >= 15 is 0 Å². The van der Waals surface area contributed by atoms with Gasteiger partial charge in [0, 0.05) is 35.1 Å². The minimum atomic E-state index is -1.16. The number of thioether (sulfide) groups is 1. The number of β-lactam (4-membered cyclic amide) rings is 1. The van der Waals surface area contributed by atoms with Crippen LogP contribution in [0.2, 0.25) is 0 Å². The van der Waals surface area contributed by atoms with Gasteiger partial charge in [-0.3, -0.25) is 4.79 Å². The van der Waals surface area contributed by atoms with E-state index in [9.17, 15) is 29.7 Å². The fourth-order valence-corrected chi connectivity index (χ4v) is 7.28. The zero-order valence-electron chi connectivity index (χ0n) is 21.3. The number of aliphatic hydroxyl groups is 2. The summed E-state index contributed by atoms with van der Waals surface area (Å²) >= 11 is 1.41. The third-order valence-corrected chi connectivity index (χ3v) is 9.01. The number of rotatable bonds is 10. The van der Waals surface area contributed by atoms with Gasteiger partial charge in [-0.15, -0.1) is 11.8 Å². The van der Waals surface area contributed by atoms with E-state index in [0.717, 1.165) is 5.69 Å². The molecule has 12 heteroatoms. The van der Waals surface area contributed by atoms with Gasteiger partial charge in [0.05, 0.1) is 31.7 Å². The predicted molar refractivity (Wildman–Crippen MR) is 134 cm³/mol. The SMILES string of the molecule is C=CCOC(=O)N1C[C@@H](SC2=C(C(=O)O)N3C(=O)[C@H]([C@@H](C)O)[C@H]3[C@H]2C)C[C@H]1CC[n+]1cc(CO)n(C)c1. The number of hydrogen-bond acceptors (Lipinski definition) is 7. The molecular formula is C25H35N4O7S+. The average Bonchev–Trinajstić information content (AvgIpc) is 3.49. The number of aliphatic hydroxyl groups excluding tert-OH is 2. The molecule has 2 fully saturated rings. The highest BCUT2D eigenvalue weighted by molar-refractivity contribution is 8.03. The Hall–Kier alpha value is -2.83. The van der Waals surface area contributed by atoms with Crippen molar-refractivity contribution < 1.29 is 39.0 Å². The van der Waals surface area contributed by atoms with Gasteiger partial charge >= 0.3 is 12.1 Å². The highest BCUT2D eigenvalue weighted by Crippen LogP contribution is 2.52. The Morgan fingerprint density at radius 3 is 2.73 bits per heavy atom. The van der Waals surface area contributed by atoms with Crippen LogP contribution >= 0.6 is 11.8 Å². The van der Waals surface area contributed by atoms with Crippen molar-refractivity contribution in [1.82, 2.24) is 14.4 Å². The smallest absolute Gasteiger partial charge is 0.410 e. The molecule has 4 rings (SSSR count). The molecule has 4 heterocycles. The van der Waals surface area contributed by atoms with Crippen LogP contribution in [-0.2, 0) is 34.5 Å². The summed E-state index contributed by atoms with van der Waals surface area (Å²) in [5, 5.41) is 29.4. The van der Waals surface area contributed by atoms with Gasteiger partial charge in [0.15, 0.2) is 5.69 Å². The highest BCUT2D eigenvalue weighted by Gasteiger charge is 2.60. The first-order valence-corrected chi connectivity index (χ1v) is 13.3. The van der Waals surface area contributed by atoms with Crippen molar-refractivity contribution in [2.45, 2.75) is 63.3 Å². The lowest BCUT2D eigenvalue weighted by molar-refractivity contribution is -0.697. The molecule has 0 saturated carbocycles. The number of aromatic nitrogens is 2. The molecule has 0 aromatic carbocycles. The zero-order valence-corrected chi connectivity index (χ0v) is 22.1. The number of likely N-dealkylation sites (tertiary alicyclic amines) is 1. The molecule has 1 aromatic rings. The summed E-state index contributed by atoms with van der Waals surface area (Å²) in [5.41, 5.74) is 0.769. The van der Waals surface area contributed by atoms with Gasteiger partial charge in [0.25, 0.3) is 0 Å². The number of imidazole rings is 1. The van der Waals surface area contributed by atoms with Crippen LogP contribution in [0.3, 0.4) is 0 Å². The summed E-state index contributed by atoms with van der Waals surface area (Å²) in [6, 6.07) is -0.503.